The summed E-state index contributed by atoms with van der Waals surface area (Å²) >= 11 is 8.67. The molecule has 3 heterocycles. The van der Waals surface area contributed by atoms with Crippen molar-refractivity contribution >= 4 is 46.3 Å². The molecule has 0 bridgehead atoms. The van der Waals surface area contributed by atoms with Gasteiger partial charge in [0.15, 0.2) is 4.80 Å². The SMILES string of the molecule is COCCOC(=O)C1=C(C)N=c2sc(=Cc3c(F)cccc3Cl)c(=O)n2C1c1cccs1. The molecule has 0 radical (unpaired) electrons. The van der Waals surface area contributed by atoms with Gasteiger partial charge < -0.3 is 9.47 Å². The Morgan fingerprint density at radius 1 is 1.31 bits per heavy atom. The van der Waals surface area contributed by atoms with Gasteiger partial charge in [0.05, 0.1) is 27.4 Å². The average molecular weight is 493 g/mol. The second-order valence-corrected chi connectivity index (χ2v) is 9.26. The molecule has 10 heteroatoms. The number of allylic oxidation sites excluding steroid dienone is 1. The maximum Gasteiger partial charge on any atom is 0.338 e. The van der Waals surface area contributed by atoms with E-state index in [2.05, 4.69) is 4.99 Å². The van der Waals surface area contributed by atoms with Gasteiger partial charge in [-0.2, -0.15) is 0 Å². The van der Waals surface area contributed by atoms with Gasteiger partial charge in [0.2, 0.25) is 0 Å². The van der Waals surface area contributed by atoms with Crippen molar-refractivity contribution in [2.45, 2.75) is 13.0 Å². The Balaban J connectivity index is 1.89. The quantitative estimate of drug-likeness (QED) is 0.391. The van der Waals surface area contributed by atoms with Gasteiger partial charge in [-0.05, 0) is 36.6 Å². The number of thiophene rings is 1. The second kappa shape index (κ2) is 9.50. The molecule has 0 fully saturated rings. The first-order valence-electron chi connectivity index (χ1n) is 9.58. The number of hydrogen-bond donors (Lipinski definition) is 0. The first-order chi connectivity index (χ1) is 15.4. The zero-order valence-corrected chi connectivity index (χ0v) is 19.5. The third kappa shape index (κ3) is 4.21. The van der Waals surface area contributed by atoms with Crippen LogP contribution in [-0.4, -0.2) is 30.9 Å². The summed E-state index contributed by atoms with van der Waals surface area (Å²) in [5.74, 6) is -1.09. The number of aromatic nitrogens is 1. The molecule has 166 valence electrons. The standard InChI is InChI=1S/C22H18ClFN2O4S2/c1-12-18(21(28)30-9-8-29-2)19(16-7-4-10-31-16)26-20(27)17(32-22(26)25-12)11-13-14(23)5-3-6-15(13)24/h3-7,10-11,19H,8-9H2,1-2H3. The van der Waals surface area contributed by atoms with Crippen LogP contribution in [0.25, 0.3) is 6.08 Å². The Morgan fingerprint density at radius 3 is 2.81 bits per heavy atom. The van der Waals surface area contributed by atoms with Gasteiger partial charge >= 0.3 is 5.97 Å². The predicted molar refractivity (Wildman–Crippen MR) is 122 cm³/mol. The van der Waals surface area contributed by atoms with Crippen LogP contribution >= 0.6 is 34.3 Å². The lowest BCUT2D eigenvalue weighted by Gasteiger charge is -2.23. The third-order valence-corrected chi connectivity index (χ3v) is 7.09. The fraction of sp³-hybridized carbons (Fsp3) is 0.227. The summed E-state index contributed by atoms with van der Waals surface area (Å²) in [4.78, 5) is 32.0. The van der Waals surface area contributed by atoms with Crippen LogP contribution in [0, 0.1) is 5.82 Å². The third-order valence-electron chi connectivity index (χ3n) is 4.85. The van der Waals surface area contributed by atoms with Crippen LogP contribution in [0.15, 0.2) is 56.8 Å². The van der Waals surface area contributed by atoms with Gasteiger partial charge in [-0.15, -0.1) is 11.3 Å². The second-order valence-electron chi connectivity index (χ2n) is 6.86. The highest BCUT2D eigenvalue weighted by molar-refractivity contribution is 7.10. The number of fused-ring (bicyclic) bond motifs is 1. The number of rotatable bonds is 6. The van der Waals surface area contributed by atoms with Crippen molar-refractivity contribution in [1.29, 1.82) is 0 Å². The Morgan fingerprint density at radius 2 is 2.12 bits per heavy atom. The molecule has 6 nitrogen and oxygen atoms in total. The largest absolute Gasteiger partial charge is 0.460 e. The maximum atomic E-state index is 14.3. The fourth-order valence-electron chi connectivity index (χ4n) is 3.37. The van der Waals surface area contributed by atoms with Crippen molar-refractivity contribution in [1.82, 2.24) is 4.57 Å². The average Bonchev–Trinajstić information content (AvgIpc) is 3.39. The number of methoxy groups -OCH3 is 1. The summed E-state index contributed by atoms with van der Waals surface area (Å²) in [6, 6.07) is 7.33. The van der Waals surface area contributed by atoms with E-state index in [1.807, 2.05) is 17.5 Å². The zero-order valence-electron chi connectivity index (χ0n) is 17.1. The Hall–Kier alpha value is -2.59. The summed E-state index contributed by atoms with van der Waals surface area (Å²) in [7, 11) is 1.51. The first-order valence-corrected chi connectivity index (χ1v) is 11.7. The zero-order chi connectivity index (χ0) is 22.8. The molecule has 1 aliphatic heterocycles. The van der Waals surface area contributed by atoms with Gasteiger partial charge in [-0.25, -0.2) is 14.2 Å². The van der Waals surface area contributed by atoms with Gasteiger partial charge in [0, 0.05) is 17.6 Å². The number of halogens is 2. The number of esters is 1. The molecule has 3 aromatic rings. The normalized spacial score (nSPS) is 16.1. The topological polar surface area (TPSA) is 69.9 Å². The molecule has 4 rings (SSSR count). The van der Waals surface area contributed by atoms with Crippen LogP contribution in [0.2, 0.25) is 5.02 Å². The van der Waals surface area contributed by atoms with Gasteiger partial charge in [-0.3, -0.25) is 9.36 Å². The van der Waals surface area contributed by atoms with E-state index in [1.54, 1.807) is 13.0 Å². The molecule has 0 aliphatic carbocycles. The van der Waals surface area contributed by atoms with Crippen molar-refractivity contribution in [3.05, 3.63) is 88.0 Å². The summed E-state index contributed by atoms with van der Waals surface area (Å²) in [5.41, 5.74) is 0.483. The van der Waals surface area contributed by atoms with Crippen LogP contribution in [-0.2, 0) is 14.3 Å². The highest BCUT2D eigenvalue weighted by atomic mass is 35.5. The lowest BCUT2D eigenvalue weighted by Crippen LogP contribution is -2.39. The van der Waals surface area contributed by atoms with E-state index in [0.29, 0.717) is 10.5 Å². The van der Waals surface area contributed by atoms with Crippen LogP contribution in [0.5, 0.6) is 0 Å². The Kier molecular flexibility index (Phi) is 6.71. The molecule has 1 aliphatic rings. The Labute approximate surface area is 195 Å². The van der Waals surface area contributed by atoms with Crippen LogP contribution < -0.4 is 14.9 Å². The molecule has 0 N–H and O–H groups in total. The number of thiazole rings is 1. The van der Waals surface area contributed by atoms with Gasteiger partial charge in [0.25, 0.3) is 5.56 Å². The number of hydrogen-bond acceptors (Lipinski definition) is 7. The van der Waals surface area contributed by atoms with Crippen molar-refractivity contribution < 1.29 is 18.7 Å². The minimum absolute atomic E-state index is 0.0828. The molecular formula is C22H18ClFN2O4S2. The van der Waals surface area contributed by atoms with Crippen LogP contribution in [0.4, 0.5) is 4.39 Å². The minimum atomic E-state index is -0.695. The molecule has 0 saturated heterocycles. The van der Waals surface area contributed by atoms with Crippen LogP contribution in [0.1, 0.15) is 23.4 Å². The van der Waals surface area contributed by atoms with Gasteiger partial charge in [-0.1, -0.05) is 35.1 Å². The fourth-order valence-corrected chi connectivity index (χ4v) is 5.44. The molecule has 0 saturated carbocycles. The van der Waals surface area contributed by atoms with Crippen LogP contribution in [0.3, 0.4) is 0 Å². The minimum Gasteiger partial charge on any atom is -0.460 e. The van der Waals surface area contributed by atoms with E-state index in [-0.39, 0.29) is 39.5 Å². The van der Waals surface area contributed by atoms with Crippen molar-refractivity contribution in [2.24, 2.45) is 4.99 Å². The van der Waals surface area contributed by atoms with E-state index in [0.717, 1.165) is 16.2 Å². The highest BCUT2D eigenvalue weighted by Gasteiger charge is 2.34. The summed E-state index contributed by atoms with van der Waals surface area (Å²) in [5, 5.41) is 2.07. The van der Waals surface area contributed by atoms with Gasteiger partial charge in [0.1, 0.15) is 18.5 Å². The summed E-state index contributed by atoms with van der Waals surface area (Å²) in [6.45, 7) is 2.04. The number of carbonyl (C=O) groups excluding carboxylic acids is 1. The molecule has 32 heavy (non-hydrogen) atoms. The first kappa shape index (κ1) is 22.6. The Bertz CT molecular complexity index is 1360. The lowest BCUT2D eigenvalue weighted by molar-refractivity contribution is -0.140. The van der Waals surface area contributed by atoms with Crippen molar-refractivity contribution in [3.8, 4) is 0 Å². The lowest BCUT2D eigenvalue weighted by atomic mass is 10.0. The van der Waals surface area contributed by atoms with E-state index >= 15 is 0 Å². The molecule has 0 spiro atoms. The van der Waals surface area contributed by atoms with E-state index in [9.17, 15) is 14.0 Å². The van der Waals surface area contributed by atoms with E-state index in [1.165, 1.54) is 41.2 Å². The summed E-state index contributed by atoms with van der Waals surface area (Å²) in [6.07, 6.45) is 1.42. The smallest absolute Gasteiger partial charge is 0.338 e. The molecule has 2 aromatic heterocycles. The number of ether oxygens (including phenoxy) is 2. The van der Waals surface area contributed by atoms with E-state index < -0.39 is 17.8 Å². The highest BCUT2D eigenvalue weighted by Crippen LogP contribution is 2.33. The van der Waals surface area contributed by atoms with Crippen molar-refractivity contribution in [2.75, 3.05) is 20.3 Å². The molecule has 1 atom stereocenters. The summed E-state index contributed by atoms with van der Waals surface area (Å²) < 4.78 is 26.3. The monoisotopic (exact) mass is 492 g/mol. The van der Waals surface area contributed by atoms with E-state index in [4.69, 9.17) is 21.1 Å². The molecular weight excluding hydrogens is 475 g/mol. The number of benzene rings is 1. The molecule has 1 unspecified atom stereocenters. The van der Waals surface area contributed by atoms with Crippen molar-refractivity contribution in [3.63, 3.8) is 0 Å². The molecule has 0 amide bonds. The number of carbonyl (C=O) groups is 1. The number of nitrogens with zero attached hydrogens (tertiary/aromatic N) is 2. The maximum absolute atomic E-state index is 14.3. The predicted octanol–water partition coefficient (Wildman–Crippen LogP) is 3.28. The molecule has 1 aromatic carbocycles.